The summed E-state index contributed by atoms with van der Waals surface area (Å²) in [5.41, 5.74) is 1.82. The number of anilines is 3. The van der Waals surface area contributed by atoms with Gasteiger partial charge in [0, 0.05) is 49.8 Å². The largest absolute Gasteiger partial charge is 0.341 e. The van der Waals surface area contributed by atoms with Crippen LogP contribution in [0.25, 0.3) is 0 Å². The van der Waals surface area contributed by atoms with E-state index in [1.54, 1.807) is 30.4 Å². The summed E-state index contributed by atoms with van der Waals surface area (Å²) in [4.78, 5) is 31.9. The molecule has 0 N–H and O–H groups in total. The summed E-state index contributed by atoms with van der Waals surface area (Å²) in [6.07, 6.45) is 8.59. The zero-order valence-electron chi connectivity index (χ0n) is 22.5. The van der Waals surface area contributed by atoms with Crippen LogP contribution in [-0.2, 0) is 0 Å². The lowest BCUT2D eigenvalue weighted by Crippen LogP contribution is -2.35. The van der Waals surface area contributed by atoms with E-state index in [1.807, 2.05) is 37.3 Å². The van der Waals surface area contributed by atoms with Gasteiger partial charge in [-0.15, -0.1) is 0 Å². The second kappa shape index (κ2) is 12.4. The molecule has 0 unspecified atom stereocenters. The van der Waals surface area contributed by atoms with Crippen molar-refractivity contribution in [3.8, 4) is 0 Å². The van der Waals surface area contributed by atoms with E-state index in [1.165, 1.54) is 24.6 Å². The lowest BCUT2D eigenvalue weighted by atomic mass is 10.1. The van der Waals surface area contributed by atoms with Gasteiger partial charge >= 0.3 is 0 Å². The Morgan fingerprint density at radius 1 is 0.897 bits per heavy atom. The molecule has 2 fully saturated rings. The molecule has 2 aliphatic rings. The van der Waals surface area contributed by atoms with Crippen molar-refractivity contribution in [2.24, 2.45) is 5.10 Å². The average molecular weight is 547 g/mol. The number of nitro groups is 1. The van der Waals surface area contributed by atoms with Gasteiger partial charge in [0.25, 0.3) is 11.6 Å². The first-order chi connectivity index (χ1) is 19.0. The third-order valence-corrected chi connectivity index (χ3v) is 8.05. The summed E-state index contributed by atoms with van der Waals surface area (Å²) in [6, 6.07) is 13.1. The summed E-state index contributed by atoms with van der Waals surface area (Å²) in [5.74, 6) is 1.84. The minimum atomic E-state index is -0.348. The Morgan fingerprint density at radius 3 is 2.05 bits per heavy atom. The molecule has 3 heterocycles. The highest BCUT2D eigenvalue weighted by Crippen LogP contribution is 2.35. The normalized spacial score (nSPS) is 16.1. The van der Waals surface area contributed by atoms with Gasteiger partial charge in [-0.3, -0.25) is 10.1 Å². The van der Waals surface area contributed by atoms with Crippen molar-refractivity contribution in [3.63, 3.8) is 0 Å². The van der Waals surface area contributed by atoms with E-state index in [0.717, 1.165) is 62.3 Å². The summed E-state index contributed by atoms with van der Waals surface area (Å²) in [7, 11) is 1.79. The first-order valence-electron chi connectivity index (χ1n) is 13.5. The van der Waals surface area contributed by atoms with Crippen molar-refractivity contribution in [2.45, 2.75) is 55.2 Å². The molecule has 0 saturated carbocycles. The molecule has 204 valence electrons. The van der Waals surface area contributed by atoms with Gasteiger partial charge in [-0.25, -0.2) is 5.01 Å². The molecule has 0 atom stereocenters. The van der Waals surface area contributed by atoms with Crippen LogP contribution in [0.1, 0.15) is 49.7 Å². The number of aromatic nitrogens is 3. The monoisotopic (exact) mass is 546 g/mol. The minimum Gasteiger partial charge on any atom is -0.341 e. The van der Waals surface area contributed by atoms with Gasteiger partial charge < -0.3 is 9.80 Å². The van der Waals surface area contributed by atoms with Crippen molar-refractivity contribution in [3.05, 3.63) is 63.7 Å². The standard InChI is InChI=1S/C28H34N8O2S/c1-21-9-12-23(13-10-21)39-25-14-11-22(19-24(25)36(37)38)20-29-33(2)26-30-27(34-15-5-3-6-16-34)32-28(31-26)35-17-7-4-8-18-35/h9-14,19-20H,3-8,15-18H2,1-2H3/b29-20-. The third-order valence-electron chi connectivity index (χ3n) is 6.98. The fourth-order valence-electron chi connectivity index (χ4n) is 4.74. The Hall–Kier alpha value is -3.73. The summed E-state index contributed by atoms with van der Waals surface area (Å²) >= 11 is 1.38. The van der Waals surface area contributed by atoms with Crippen LogP contribution in [0, 0.1) is 17.0 Å². The van der Waals surface area contributed by atoms with E-state index >= 15 is 0 Å². The Labute approximate surface area is 233 Å². The number of hydrazone groups is 1. The lowest BCUT2D eigenvalue weighted by molar-refractivity contribution is -0.387. The van der Waals surface area contributed by atoms with Crippen molar-refractivity contribution in [1.29, 1.82) is 0 Å². The summed E-state index contributed by atoms with van der Waals surface area (Å²) < 4.78 is 0. The zero-order chi connectivity index (χ0) is 27.2. The first-order valence-corrected chi connectivity index (χ1v) is 14.3. The molecule has 3 aromatic rings. The van der Waals surface area contributed by atoms with Crippen LogP contribution in [0.5, 0.6) is 0 Å². The first kappa shape index (κ1) is 26.9. The molecule has 39 heavy (non-hydrogen) atoms. The van der Waals surface area contributed by atoms with E-state index < -0.39 is 0 Å². The molecule has 1 aromatic heterocycles. The number of aryl methyl sites for hydroxylation is 1. The average Bonchev–Trinajstić information content (AvgIpc) is 2.98. The molecule has 0 spiro atoms. The van der Waals surface area contributed by atoms with Crippen molar-refractivity contribution in [2.75, 3.05) is 48.0 Å². The van der Waals surface area contributed by atoms with Crippen LogP contribution < -0.4 is 14.8 Å². The molecule has 10 nitrogen and oxygen atoms in total. The Kier molecular flexibility index (Phi) is 8.55. The Balaban J connectivity index is 1.38. The van der Waals surface area contributed by atoms with E-state index in [9.17, 15) is 10.1 Å². The quantitative estimate of drug-likeness (QED) is 0.200. The van der Waals surface area contributed by atoms with Gasteiger partial charge in [-0.2, -0.15) is 20.1 Å². The highest BCUT2D eigenvalue weighted by molar-refractivity contribution is 7.99. The van der Waals surface area contributed by atoms with Crippen molar-refractivity contribution < 1.29 is 4.92 Å². The van der Waals surface area contributed by atoms with E-state index in [-0.39, 0.29) is 10.6 Å². The molecule has 0 amide bonds. The lowest BCUT2D eigenvalue weighted by Gasteiger charge is -2.30. The number of hydrogen-bond donors (Lipinski definition) is 0. The number of benzene rings is 2. The smallest absolute Gasteiger partial charge is 0.283 e. The highest BCUT2D eigenvalue weighted by atomic mass is 32.2. The van der Waals surface area contributed by atoms with Gasteiger partial charge in [-0.1, -0.05) is 35.5 Å². The molecule has 2 aliphatic heterocycles. The van der Waals surface area contributed by atoms with Gasteiger partial charge in [0.15, 0.2) is 0 Å². The van der Waals surface area contributed by atoms with Crippen molar-refractivity contribution in [1.82, 2.24) is 15.0 Å². The summed E-state index contributed by atoms with van der Waals surface area (Å²) in [5, 5.41) is 18.0. The molecule has 11 heteroatoms. The Morgan fingerprint density at radius 2 is 1.49 bits per heavy atom. The predicted molar refractivity (Wildman–Crippen MR) is 156 cm³/mol. The van der Waals surface area contributed by atoms with Gasteiger partial charge in [-0.05, 0) is 63.6 Å². The Bertz CT molecular complexity index is 1290. The van der Waals surface area contributed by atoms with Crippen LogP contribution in [0.4, 0.5) is 23.5 Å². The van der Waals surface area contributed by atoms with Crippen molar-refractivity contribution >= 4 is 41.5 Å². The van der Waals surface area contributed by atoms with Gasteiger partial charge in [0.1, 0.15) is 0 Å². The number of piperidine rings is 2. The molecular weight excluding hydrogens is 512 g/mol. The number of nitrogens with zero attached hydrogens (tertiary/aromatic N) is 8. The minimum absolute atomic E-state index is 0.0482. The van der Waals surface area contributed by atoms with Gasteiger partial charge in [0.2, 0.25) is 11.9 Å². The number of hydrogen-bond acceptors (Lipinski definition) is 10. The topological polar surface area (TPSA) is 104 Å². The molecule has 2 saturated heterocycles. The van der Waals surface area contributed by atoms with Crippen LogP contribution in [0.2, 0.25) is 0 Å². The van der Waals surface area contributed by atoms with E-state index in [4.69, 9.17) is 15.0 Å². The van der Waals surface area contributed by atoms with Crippen LogP contribution in [0.15, 0.2) is 57.4 Å². The third kappa shape index (κ3) is 6.83. The highest BCUT2D eigenvalue weighted by Gasteiger charge is 2.22. The molecular formula is C28H34N8O2S. The maximum Gasteiger partial charge on any atom is 0.283 e. The molecule has 0 radical (unpaired) electrons. The maximum absolute atomic E-state index is 11.9. The summed E-state index contributed by atoms with van der Waals surface area (Å²) in [6.45, 7) is 5.76. The molecule has 0 bridgehead atoms. The fourth-order valence-corrected chi connectivity index (χ4v) is 5.64. The molecule has 0 aliphatic carbocycles. The second-order valence-electron chi connectivity index (χ2n) is 10.00. The molecule has 5 rings (SSSR count). The SMILES string of the molecule is Cc1ccc(Sc2ccc(/C=N\N(C)c3nc(N4CCCCC4)nc(N4CCCCC4)n3)cc2[N+](=O)[O-])cc1. The van der Waals surface area contributed by atoms with E-state index in [0.29, 0.717) is 28.3 Å². The van der Waals surface area contributed by atoms with E-state index in [2.05, 4.69) is 14.9 Å². The zero-order valence-corrected chi connectivity index (χ0v) is 23.3. The number of nitro benzene ring substituents is 1. The van der Waals surface area contributed by atoms with Crippen LogP contribution in [-0.4, -0.2) is 59.3 Å². The second-order valence-corrected chi connectivity index (χ2v) is 11.1. The van der Waals surface area contributed by atoms with Crippen LogP contribution >= 0.6 is 11.8 Å². The molecule has 2 aromatic carbocycles. The van der Waals surface area contributed by atoms with Crippen LogP contribution in [0.3, 0.4) is 0 Å². The van der Waals surface area contributed by atoms with Gasteiger partial charge in [0.05, 0.1) is 16.0 Å². The predicted octanol–water partition coefficient (Wildman–Crippen LogP) is 5.69. The number of rotatable bonds is 8. The maximum atomic E-state index is 11.9. The fraction of sp³-hybridized carbons (Fsp3) is 0.429.